The Bertz CT molecular complexity index is 1070. The molecule has 28 heavy (non-hydrogen) atoms. The molecule has 3 aromatic rings. The third-order valence-electron chi connectivity index (χ3n) is 4.65. The molecule has 0 radical (unpaired) electrons. The largest absolute Gasteiger partial charge is 0.355 e. The number of carbonyl (C=O) groups excluding carboxylic acids is 1. The highest BCUT2D eigenvalue weighted by molar-refractivity contribution is 6.30. The standard InChI is InChI=1S/C20H17ClFN5O/c1-23-20(28)14-10-24-8-7-17(14)26-18-12-3-2-4-16(12)25-19(27-18)13-9-11(21)5-6-15(13)22/h5-10H,2-4H2,1H3,(H,23,28)(H,24,25,26,27). The van der Waals surface area contributed by atoms with Crippen molar-refractivity contribution in [3.05, 3.63) is 64.3 Å². The average Bonchev–Trinajstić information content (AvgIpc) is 3.18. The molecule has 0 spiro atoms. The van der Waals surface area contributed by atoms with Crippen LogP contribution in [-0.4, -0.2) is 27.9 Å². The minimum absolute atomic E-state index is 0.242. The first-order chi connectivity index (χ1) is 13.6. The molecule has 2 aromatic heterocycles. The Hall–Kier alpha value is -3.06. The van der Waals surface area contributed by atoms with E-state index in [0.29, 0.717) is 22.1 Å². The number of fused-ring (bicyclic) bond motifs is 1. The lowest BCUT2D eigenvalue weighted by Crippen LogP contribution is -2.19. The molecule has 4 rings (SSSR count). The summed E-state index contributed by atoms with van der Waals surface area (Å²) >= 11 is 6.04. The third-order valence-corrected chi connectivity index (χ3v) is 4.88. The number of amides is 1. The van der Waals surface area contributed by atoms with Crippen molar-refractivity contribution in [1.29, 1.82) is 0 Å². The number of hydrogen-bond acceptors (Lipinski definition) is 5. The van der Waals surface area contributed by atoms with Crippen LogP contribution in [0.5, 0.6) is 0 Å². The monoisotopic (exact) mass is 397 g/mol. The van der Waals surface area contributed by atoms with E-state index >= 15 is 0 Å². The van der Waals surface area contributed by atoms with Crippen LogP contribution in [0.15, 0.2) is 36.7 Å². The van der Waals surface area contributed by atoms with Crippen molar-refractivity contribution in [1.82, 2.24) is 20.3 Å². The smallest absolute Gasteiger partial charge is 0.254 e. The van der Waals surface area contributed by atoms with Crippen molar-refractivity contribution in [3.8, 4) is 11.4 Å². The SMILES string of the molecule is CNC(=O)c1cnccc1Nc1nc(-c2cc(Cl)ccc2F)nc2c1CCC2. The van der Waals surface area contributed by atoms with Crippen LogP contribution in [0.4, 0.5) is 15.9 Å². The summed E-state index contributed by atoms with van der Waals surface area (Å²) in [4.78, 5) is 25.3. The Balaban J connectivity index is 1.82. The summed E-state index contributed by atoms with van der Waals surface area (Å²) in [6.07, 6.45) is 5.63. The number of benzene rings is 1. The van der Waals surface area contributed by atoms with Crippen molar-refractivity contribution < 1.29 is 9.18 Å². The Morgan fingerprint density at radius 1 is 1.21 bits per heavy atom. The number of nitrogens with one attached hydrogen (secondary N) is 2. The second kappa shape index (κ2) is 7.52. The summed E-state index contributed by atoms with van der Waals surface area (Å²) in [7, 11) is 1.56. The molecule has 0 bridgehead atoms. The van der Waals surface area contributed by atoms with Gasteiger partial charge in [0.25, 0.3) is 5.91 Å². The molecule has 0 unspecified atom stereocenters. The molecule has 8 heteroatoms. The van der Waals surface area contributed by atoms with Crippen LogP contribution in [0.25, 0.3) is 11.4 Å². The lowest BCUT2D eigenvalue weighted by molar-refractivity contribution is 0.0963. The Morgan fingerprint density at radius 2 is 2.07 bits per heavy atom. The number of anilines is 2. The quantitative estimate of drug-likeness (QED) is 0.697. The average molecular weight is 398 g/mol. The molecule has 0 aliphatic heterocycles. The van der Waals surface area contributed by atoms with Crippen molar-refractivity contribution in [3.63, 3.8) is 0 Å². The van der Waals surface area contributed by atoms with Crippen molar-refractivity contribution in [2.45, 2.75) is 19.3 Å². The number of aromatic nitrogens is 3. The summed E-state index contributed by atoms with van der Waals surface area (Å²) < 4.78 is 14.4. The fraction of sp³-hybridized carbons (Fsp3) is 0.200. The van der Waals surface area contributed by atoms with E-state index in [4.69, 9.17) is 11.6 Å². The zero-order chi connectivity index (χ0) is 19.7. The zero-order valence-corrected chi connectivity index (χ0v) is 15.8. The fourth-order valence-corrected chi connectivity index (χ4v) is 3.44. The summed E-state index contributed by atoms with van der Waals surface area (Å²) in [6, 6.07) is 6.00. The fourth-order valence-electron chi connectivity index (χ4n) is 3.27. The number of nitrogens with zero attached hydrogens (tertiary/aromatic N) is 3. The maximum absolute atomic E-state index is 14.4. The number of aryl methyl sites for hydroxylation is 1. The van der Waals surface area contributed by atoms with Gasteiger partial charge < -0.3 is 10.6 Å². The van der Waals surface area contributed by atoms with Crippen molar-refractivity contribution >= 4 is 29.0 Å². The Morgan fingerprint density at radius 3 is 2.89 bits per heavy atom. The van der Waals surface area contributed by atoms with Gasteiger partial charge in [0.1, 0.15) is 11.6 Å². The number of carbonyl (C=O) groups is 1. The maximum Gasteiger partial charge on any atom is 0.254 e. The van der Waals surface area contributed by atoms with E-state index in [2.05, 4.69) is 25.6 Å². The van der Waals surface area contributed by atoms with Gasteiger partial charge in [0, 0.05) is 35.7 Å². The predicted octanol–water partition coefficient (Wildman–Crippen LogP) is 3.92. The predicted molar refractivity (Wildman–Crippen MR) is 105 cm³/mol. The molecule has 1 aliphatic carbocycles. The van der Waals surface area contributed by atoms with Crippen LogP contribution < -0.4 is 10.6 Å². The van der Waals surface area contributed by atoms with Gasteiger partial charge in [-0.15, -0.1) is 0 Å². The van der Waals surface area contributed by atoms with E-state index < -0.39 is 5.82 Å². The number of rotatable bonds is 4. The molecule has 1 aliphatic rings. The van der Waals surface area contributed by atoms with Gasteiger partial charge in [-0.25, -0.2) is 14.4 Å². The first kappa shape index (κ1) is 18.3. The first-order valence-electron chi connectivity index (χ1n) is 8.85. The molecule has 0 atom stereocenters. The highest BCUT2D eigenvalue weighted by Gasteiger charge is 2.22. The third kappa shape index (κ3) is 3.41. The van der Waals surface area contributed by atoms with Gasteiger partial charge >= 0.3 is 0 Å². The molecule has 2 N–H and O–H groups in total. The molecular weight excluding hydrogens is 381 g/mol. The van der Waals surface area contributed by atoms with E-state index in [-0.39, 0.29) is 17.3 Å². The van der Waals surface area contributed by atoms with Crippen molar-refractivity contribution in [2.24, 2.45) is 0 Å². The second-order valence-electron chi connectivity index (χ2n) is 6.42. The van der Waals surface area contributed by atoms with Crippen LogP contribution in [0.3, 0.4) is 0 Å². The summed E-state index contributed by atoms with van der Waals surface area (Å²) in [5.74, 6) is 0.123. The molecule has 0 fully saturated rings. The van der Waals surface area contributed by atoms with Gasteiger partial charge in [-0.05, 0) is 43.5 Å². The number of hydrogen-bond donors (Lipinski definition) is 2. The molecule has 1 aromatic carbocycles. The molecule has 6 nitrogen and oxygen atoms in total. The van der Waals surface area contributed by atoms with E-state index in [9.17, 15) is 9.18 Å². The summed E-state index contributed by atoms with van der Waals surface area (Å²) in [6.45, 7) is 0. The first-order valence-corrected chi connectivity index (χ1v) is 9.23. The zero-order valence-electron chi connectivity index (χ0n) is 15.1. The lowest BCUT2D eigenvalue weighted by Gasteiger charge is -2.14. The second-order valence-corrected chi connectivity index (χ2v) is 6.86. The van der Waals surface area contributed by atoms with Gasteiger partial charge in [0.2, 0.25) is 0 Å². The minimum Gasteiger partial charge on any atom is -0.355 e. The molecule has 2 heterocycles. The van der Waals surface area contributed by atoms with Crippen molar-refractivity contribution in [2.75, 3.05) is 12.4 Å². The Kier molecular flexibility index (Phi) is 4.92. The summed E-state index contributed by atoms with van der Waals surface area (Å²) in [5, 5.41) is 6.23. The van der Waals surface area contributed by atoms with Gasteiger partial charge in [0.15, 0.2) is 5.82 Å². The van der Waals surface area contributed by atoms with Crippen LogP contribution in [-0.2, 0) is 12.8 Å². The van der Waals surface area contributed by atoms with Crippen LogP contribution in [0.1, 0.15) is 28.0 Å². The number of halogens is 2. The van der Waals surface area contributed by atoms with E-state index in [1.165, 1.54) is 24.4 Å². The van der Waals surface area contributed by atoms with Gasteiger partial charge in [-0.1, -0.05) is 11.6 Å². The highest BCUT2D eigenvalue weighted by atomic mass is 35.5. The van der Waals surface area contributed by atoms with E-state index in [0.717, 1.165) is 30.5 Å². The van der Waals surface area contributed by atoms with Crippen LogP contribution >= 0.6 is 11.6 Å². The highest BCUT2D eigenvalue weighted by Crippen LogP contribution is 2.33. The van der Waals surface area contributed by atoms with Gasteiger partial charge in [-0.3, -0.25) is 9.78 Å². The molecule has 0 saturated heterocycles. The normalized spacial score (nSPS) is 12.5. The molecule has 142 valence electrons. The van der Waals surface area contributed by atoms with Gasteiger partial charge in [0.05, 0.1) is 16.8 Å². The molecular formula is C20H17ClFN5O. The molecule has 0 saturated carbocycles. The summed E-state index contributed by atoms with van der Waals surface area (Å²) in [5.41, 5.74) is 3.06. The van der Waals surface area contributed by atoms with Gasteiger partial charge in [-0.2, -0.15) is 0 Å². The van der Waals surface area contributed by atoms with Crippen LogP contribution in [0.2, 0.25) is 5.02 Å². The van der Waals surface area contributed by atoms with E-state index in [1.807, 2.05) is 0 Å². The minimum atomic E-state index is -0.441. The van der Waals surface area contributed by atoms with E-state index in [1.54, 1.807) is 19.3 Å². The topological polar surface area (TPSA) is 79.8 Å². The number of pyridine rings is 1. The lowest BCUT2D eigenvalue weighted by atomic mass is 10.1. The Labute approximate surface area is 166 Å². The van der Waals surface area contributed by atoms with Crippen LogP contribution in [0, 0.1) is 5.82 Å². The molecule has 1 amide bonds. The maximum atomic E-state index is 14.4.